The minimum Gasteiger partial charge on any atom is -0.329 e. The number of nitrogens with two attached hydrogens (primary N) is 1. The Balaban J connectivity index is 3.41. The summed E-state index contributed by atoms with van der Waals surface area (Å²) >= 11 is 11.4. The molecule has 0 aliphatic rings. The highest BCUT2D eigenvalue weighted by Gasteiger charge is 2.31. The zero-order valence-electron chi connectivity index (χ0n) is 10.7. The fourth-order valence-electron chi connectivity index (χ4n) is 1.36. The Labute approximate surface area is 126 Å². The van der Waals surface area contributed by atoms with Crippen molar-refractivity contribution in [2.75, 3.05) is 6.54 Å². The average Bonchev–Trinajstić information content (AvgIpc) is 2.26. The molecule has 0 unspecified atom stereocenters. The van der Waals surface area contributed by atoms with E-state index in [9.17, 15) is 18.5 Å². The van der Waals surface area contributed by atoms with Gasteiger partial charge in [0, 0.05) is 12.1 Å². The van der Waals surface area contributed by atoms with Gasteiger partial charge in [-0.1, -0.05) is 23.2 Å². The second-order valence-corrected chi connectivity index (χ2v) is 7.09. The number of hydrogen-bond acceptors (Lipinski definition) is 5. The lowest BCUT2D eigenvalue weighted by atomic mass is 10.1. The van der Waals surface area contributed by atoms with Crippen LogP contribution < -0.4 is 10.5 Å². The molecule has 0 bridgehead atoms. The Morgan fingerprint density at radius 3 is 2.40 bits per heavy atom. The van der Waals surface area contributed by atoms with Crippen LogP contribution in [0.15, 0.2) is 17.0 Å². The molecule has 112 valence electrons. The van der Waals surface area contributed by atoms with Crippen LogP contribution in [0.25, 0.3) is 0 Å². The number of rotatable bonds is 5. The van der Waals surface area contributed by atoms with Crippen molar-refractivity contribution in [3.8, 4) is 0 Å². The third-order valence-corrected chi connectivity index (χ3v) is 4.96. The van der Waals surface area contributed by atoms with Crippen LogP contribution in [0.1, 0.15) is 13.8 Å². The summed E-state index contributed by atoms with van der Waals surface area (Å²) in [4.78, 5) is 9.61. The Morgan fingerprint density at radius 2 is 1.95 bits per heavy atom. The highest BCUT2D eigenvalue weighted by molar-refractivity contribution is 7.89. The molecule has 1 aromatic rings. The monoisotopic (exact) mass is 341 g/mol. The van der Waals surface area contributed by atoms with Crippen molar-refractivity contribution in [1.29, 1.82) is 0 Å². The molecular formula is C10H13Cl2N3O4S. The summed E-state index contributed by atoms with van der Waals surface area (Å²) in [6.45, 7) is 3.19. The van der Waals surface area contributed by atoms with Crippen molar-refractivity contribution in [2.24, 2.45) is 5.73 Å². The molecule has 0 atom stereocenters. The van der Waals surface area contributed by atoms with Crippen molar-refractivity contribution < 1.29 is 13.3 Å². The third kappa shape index (κ3) is 3.58. The molecule has 20 heavy (non-hydrogen) atoms. The summed E-state index contributed by atoms with van der Waals surface area (Å²) in [7, 11) is -4.06. The smallest absolute Gasteiger partial charge is 0.307 e. The van der Waals surface area contributed by atoms with Crippen molar-refractivity contribution in [3.63, 3.8) is 0 Å². The van der Waals surface area contributed by atoms with Crippen molar-refractivity contribution in [2.45, 2.75) is 24.3 Å². The maximum absolute atomic E-state index is 12.2. The summed E-state index contributed by atoms with van der Waals surface area (Å²) in [6.07, 6.45) is 0. The molecule has 0 radical (unpaired) electrons. The van der Waals surface area contributed by atoms with Gasteiger partial charge >= 0.3 is 5.69 Å². The van der Waals surface area contributed by atoms with E-state index in [1.807, 2.05) is 0 Å². The van der Waals surface area contributed by atoms with Crippen LogP contribution in [0, 0.1) is 10.1 Å². The number of nitrogens with one attached hydrogen (secondary N) is 1. The maximum Gasteiger partial charge on any atom is 0.307 e. The first kappa shape index (κ1) is 17.1. The normalized spacial score (nSPS) is 12.4. The lowest BCUT2D eigenvalue weighted by Gasteiger charge is -2.24. The van der Waals surface area contributed by atoms with E-state index >= 15 is 0 Å². The Morgan fingerprint density at radius 1 is 1.40 bits per heavy atom. The van der Waals surface area contributed by atoms with E-state index in [2.05, 4.69) is 4.72 Å². The lowest BCUT2D eigenvalue weighted by molar-refractivity contribution is -0.384. The van der Waals surface area contributed by atoms with Gasteiger partial charge in [0.15, 0.2) is 0 Å². The summed E-state index contributed by atoms with van der Waals surface area (Å²) in [5.74, 6) is 0. The molecule has 0 aromatic heterocycles. The van der Waals surface area contributed by atoms with Gasteiger partial charge in [-0.05, 0) is 26.0 Å². The fourth-order valence-corrected chi connectivity index (χ4v) is 3.67. The quantitative estimate of drug-likeness (QED) is 0.626. The van der Waals surface area contributed by atoms with Crippen molar-refractivity contribution in [3.05, 3.63) is 32.3 Å². The second-order valence-electron chi connectivity index (χ2n) is 4.66. The Hall–Kier alpha value is -0.930. The second kappa shape index (κ2) is 5.82. The van der Waals surface area contributed by atoms with Gasteiger partial charge in [-0.2, -0.15) is 0 Å². The van der Waals surface area contributed by atoms with Crippen LogP contribution >= 0.6 is 23.2 Å². The molecule has 0 fully saturated rings. The van der Waals surface area contributed by atoms with Gasteiger partial charge < -0.3 is 5.73 Å². The van der Waals surface area contributed by atoms with Crippen LogP contribution in [0.5, 0.6) is 0 Å². The molecule has 1 rings (SSSR count). The SMILES string of the molecule is CC(C)(CN)NS(=O)(=O)c1ccc(Cl)c([N+](=O)[O-])c1Cl. The minimum atomic E-state index is -4.06. The van der Waals surface area contributed by atoms with Crippen molar-refractivity contribution in [1.82, 2.24) is 4.72 Å². The van der Waals surface area contributed by atoms with Gasteiger partial charge in [-0.3, -0.25) is 10.1 Å². The van der Waals surface area contributed by atoms with Gasteiger partial charge in [0.1, 0.15) is 14.9 Å². The molecule has 0 amide bonds. The Bertz CT molecular complexity index is 646. The van der Waals surface area contributed by atoms with Crippen LogP contribution in [0.3, 0.4) is 0 Å². The standard InChI is InChI=1S/C10H13Cl2N3O4S/c1-10(2,5-13)14-20(18,19)7-4-3-6(11)9(8(7)12)15(16)17/h3-4,14H,5,13H2,1-2H3. The first-order valence-electron chi connectivity index (χ1n) is 5.38. The highest BCUT2D eigenvalue weighted by Crippen LogP contribution is 2.37. The molecule has 1 aromatic carbocycles. The van der Waals surface area contributed by atoms with E-state index in [1.165, 1.54) is 0 Å². The first-order valence-corrected chi connectivity index (χ1v) is 7.62. The van der Waals surface area contributed by atoms with E-state index in [0.29, 0.717) is 0 Å². The van der Waals surface area contributed by atoms with Gasteiger partial charge in [0.25, 0.3) is 0 Å². The van der Waals surface area contributed by atoms with Crippen LogP contribution in [-0.2, 0) is 10.0 Å². The van der Waals surface area contributed by atoms with E-state index in [0.717, 1.165) is 12.1 Å². The molecular weight excluding hydrogens is 329 g/mol. The summed E-state index contributed by atoms with van der Waals surface area (Å²) in [5, 5.41) is 10.1. The number of benzene rings is 1. The minimum absolute atomic E-state index is 0.0412. The zero-order chi connectivity index (χ0) is 15.7. The van der Waals surface area contributed by atoms with Crippen LogP contribution in [-0.4, -0.2) is 25.4 Å². The zero-order valence-corrected chi connectivity index (χ0v) is 13.0. The van der Waals surface area contributed by atoms with Crippen molar-refractivity contribution >= 4 is 38.9 Å². The number of hydrogen-bond donors (Lipinski definition) is 2. The van der Waals surface area contributed by atoms with Gasteiger partial charge in [-0.25, -0.2) is 13.1 Å². The number of sulfonamides is 1. The number of nitro groups is 1. The summed E-state index contributed by atoms with van der Waals surface area (Å²) < 4.78 is 26.7. The average molecular weight is 342 g/mol. The van der Waals surface area contributed by atoms with Crippen LogP contribution in [0.4, 0.5) is 5.69 Å². The molecule has 0 aliphatic heterocycles. The molecule has 7 nitrogen and oxygen atoms in total. The van der Waals surface area contributed by atoms with E-state index < -0.39 is 36.1 Å². The molecule has 0 heterocycles. The van der Waals surface area contributed by atoms with Gasteiger partial charge in [0.2, 0.25) is 10.0 Å². The predicted molar refractivity (Wildman–Crippen MR) is 76.6 cm³/mol. The molecule has 3 N–H and O–H groups in total. The number of halogens is 2. The van der Waals surface area contributed by atoms with Gasteiger partial charge in [-0.15, -0.1) is 0 Å². The maximum atomic E-state index is 12.2. The summed E-state index contributed by atoms with van der Waals surface area (Å²) in [6, 6.07) is 2.21. The van der Waals surface area contributed by atoms with Crippen LogP contribution in [0.2, 0.25) is 10.0 Å². The highest BCUT2D eigenvalue weighted by atomic mass is 35.5. The van der Waals surface area contributed by atoms with E-state index in [1.54, 1.807) is 13.8 Å². The molecule has 0 saturated heterocycles. The third-order valence-electron chi connectivity index (χ3n) is 2.42. The molecule has 10 heteroatoms. The first-order chi connectivity index (χ1) is 9.02. The molecule has 0 aliphatic carbocycles. The number of nitrogens with zero attached hydrogens (tertiary/aromatic N) is 1. The molecule has 0 spiro atoms. The van der Waals surface area contributed by atoms with E-state index in [-0.39, 0.29) is 11.6 Å². The Kier molecular flexibility index (Phi) is 4.99. The lowest BCUT2D eigenvalue weighted by Crippen LogP contribution is -2.48. The topological polar surface area (TPSA) is 115 Å². The van der Waals surface area contributed by atoms with E-state index in [4.69, 9.17) is 28.9 Å². The largest absolute Gasteiger partial charge is 0.329 e. The summed E-state index contributed by atoms with van der Waals surface area (Å²) in [5.41, 5.74) is 3.87. The fraction of sp³-hybridized carbons (Fsp3) is 0.400. The molecule has 0 saturated carbocycles. The predicted octanol–water partition coefficient (Wildman–Crippen LogP) is 1.92. The van der Waals surface area contributed by atoms with Gasteiger partial charge in [0.05, 0.1) is 4.92 Å². The number of nitro benzene ring substituents is 1.